The molecule has 2 rings (SSSR count). The number of aromatic amines is 1. The number of anilines is 1. The van der Waals surface area contributed by atoms with E-state index in [1.54, 1.807) is 7.11 Å². The number of halogens is 1. The van der Waals surface area contributed by atoms with Crippen LogP contribution in [0.15, 0.2) is 18.2 Å². The van der Waals surface area contributed by atoms with E-state index in [1.807, 2.05) is 25.1 Å². The Balaban J connectivity index is 2.01. The molecule has 1 heterocycles. The molecular formula is C16H22ClN3O. The molecule has 0 bridgehead atoms. The van der Waals surface area contributed by atoms with E-state index in [2.05, 4.69) is 22.2 Å². The van der Waals surface area contributed by atoms with Crippen LogP contribution in [0.4, 0.5) is 5.69 Å². The smallest absolute Gasteiger partial charge is 0.152 e. The molecule has 0 fully saturated rings. The van der Waals surface area contributed by atoms with Gasteiger partial charge in [-0.3, -0.25) is 0 Å². The van der Waals surface area contributed by atoms with E-state index < -0.39 is 0 Å². The monoisotopic (exact) mass is 307 g/mol. The Hall–Kier alpha value is -1.68. The normalized spacial score (nSPS) is 10.7. The summed E-state index contributed by atoms with van der Waals surface area (Å²) in [6.45, 7) is 4.84. The van der Waals surface area contributed by atoms with Crippen molar-refractivity contribution >= 4 is 17.3 Å². The number of rotatable bonds is 7. The Morgan fingerprint density at radius 1 is 1.38 bits per heavy atom. The summed E-state index contributed by atoms with van der Waals surface area (Å²) in [5, 5.41) is 3.93. The lowest BCUT2D eigenvalue weighted by molar-refractivity contribution is 0.414. The summed E-state index contributed by atoms with van der Waals surface area (Å²) in [4.78, 5) is 7.66. The number of aryl methyl sites for hydroxylation is 2. The van der Waals surface area contributed by atoms with Crippen LogP contribution in [0.25, 0.3) is 0 Å². The summed E-state index contributed by atoms with van der Waals surface area (Å²) >= 11 is 6.18. The minimum Gasteiger partial charge on any atom is -0.497 e. The third-order valence-electron chi connectivity index (χ3n) is 3.43. The summed E-state index contributed by atoms with van der Waals surface area (Å²) in [5.74, 6) is 1.82. The average molecular weight is 308 g/mol. The topological polar surface area (TPSA) is 49.9 Å². The van der Waals surface area contributed by atoms with Gasteiger partial charge in [0.25, 0.3) is 0 Å². The molecule has 21 heavy (non-hydrogen) atoms. The highest BCUT2D eigenvalue weighted by molar-refractivity contribution is 6.30. The second-order valence-electron chi connectivity index (χ2n) is 5.09. The van der Waals surface area contributed by atoms with Crippen LogP contribution < -0.4 is 10.1 Å². The van der Waals surface area contributed by atoms with Gasteiger partial charge in [0, 0.05) is 12.1 Å². The molecule has 0 radical (unpaired) electrons. The van der Waals surface area contributed by atoms with Crippen molar-refractivity contribution < 1.29 is 4.74 Å². The molecule has 0 amide bonds. The number of aromatic nitrogens is 2. The molecule has 5 heteroatoms. The van der Waals surface area contributed by atoms with Gasteiger partial charge >= 0.3 is 0 Å². The average Bonchev–Trinajstić information content (AvgIpc) is 2.84. The largest absolute Gasteiger partial charge is 0.497 e. The quantitative estimate of drug-likeness (QED) is 0.800. The standard InChI is InChI=1S/C16H22ClN3O/c1-4-5-6-15-19-14(16(17)20-15)10-18-13-8-7-12(21-3)9-11(13)2/h7-9,18H,4-6,10H2,1-3H3,(H,19,20). The lowest BCUT2D eigenvalue weighted by Crippen LogP contribution is -2.02. The zero-order valence-corrected chi connectivity index (χ0v) is 13.5. The van der Waals surface area contributed by atoms with Crippen LogP contribution in [0, 0.1) is 6.92 Å². The minimum absolute atomic E-state index is 0.555. The van der Waals surface area contributed by atoms with Crippen LogP contribution >= 0.6 is 11.6 Å². The third-order valence-corrected chi connectivity index (χ3v) is 3.75. The van der Waals surface area contributed by atoms with Crippen LogP contribution in [0.3, 0.4) is 0 Å². The summed E-state index contributed by atoms with van der Waals surface area (Å²) in [5.41, 5.74) is 3.13. The van der Waals surface area contributed by atoms with Gasteiger partial charge in [-0.1, -0.05) is 24.9 Å². The van der Waals surface area contributed by atoms with Crippen molar-refractivity contribution in [2.24, 2.45) is 0 Å². The number of H-pyrrole nitrogens is 1. The lowest BCUT2D eigenvalue weighted by atomic mass is 10.2. The molecule has 1 aromatic carbocycles. The molecule has 0 spiro atoms. The summed E-state index contributed by atoms with van der Waals surface area (Å²) in [6, 6.07) is 5.95. The number of hydrogen-bond donors (Lipinski definition) is 2. The first-order chi connectivity index (χ1) is 10.1. The maximum atomic E-state index is 6.18. The second-order valence-corrected chi connectivity index (χ2v) is 5.45. The highest BCUT2D eigenvalue weighted by Crippen LogP contribution is 2.22. The molecule has 0 unspecified atom stereocenters. The van der Waals surface area contributed by atoms with Crippen LogP contribution in [-0.2, 0) is 13.0 Å². The van der Waals surface area contributed by atoms with Gasteiger partial charge in [-0.05, 0) is 37.1 Å². The number of imidazole rings is 1. The summed E-state index contributed by atoms with van der Waals surface area (Å²) in [6.07, 6.45) is 3.21. The predicted molar refractivity (Wildman–Crippen MR) is 87.3 cm³/mol. The maximum absolute atomic E-state index is 6.18. The Kier molecular flexibility index (Phi) is 5.51. The van der Waals surface area contributed by atoms with Gasteiger partial charge in [0.2, 0.25) is 0 Å². The van der Waals surface area contributed by atoms with Crippen molar-refractivity contribution in [3.8, 4) is 5.75 Å². The van der Waals surface area contributed by atoms with E-state index in [9.17, 15) is 0 Å². The number of benzene rings is 1. The molecule has 1 aromatic heterocycles. The van der Waals surface area contributed by atoms with Gasteiger partial charge in [0.15, 0.2) is 5.15 Å². The molecule has 2 aromatic rings. The zero-order chi connectivity index (χ0) is 15.2. The zero-order valence-electron chi connectivity index (χ0n) is 12.8. The van der Waals surface area contributed by atoms with Crippen LogP contribution in [0.2, 0.25) is 5.15 Å². The number of methoxy groups -OCH3 is 1. The Morgan fingerprint density at radius 3 is 2.86 bits per heavy atom. The molecular weight excluding hydrogens is 286 g/mol. The van der Waals surface area contributed by atoms with Crippen molar-refractivity contribution in [2.75, 3.05) is 12.4 Å². The Labute approximate surface area is 130 Å². The molecule has 4 nitrogen and oxygen atoms in total. The molecule has 0 aliphatic rings. The summed E-state index contributed by atoms with van der Waals surface area (Å²) < 4.78 is 5.21. The Morgan fingerprint density at radius 2 is 2.19 bits per heavy atom. The van der Waals surface area contributed by atoms with Gasteiger partial charge in [-0.15, -0.1) is 0 Å². The SMILES string of the molecule is CCCCc1nc(Cl)c(CNc2ccc(OC)cc2C)[nH]1. The van der Waals surface area contributed by atoms with E-state index in [0.717, 1.165) is 47.8 Å². The molecule has 0 atom stereocenters. The number of hydrogen-bond acceptors (Lipinski definition) is 3. The number of nitrogens with zero attached hydrogens (tertiary/aromatic N) is 1. The highest BCUT2D eigenvalue weighted by Gasteiger charge is 2.08. The van der Waals surface area contributed by atoms with Crippen molar-refractivity contribution in [3.63, 3.8) is 0 Å². The fraction of sp³-hybridized carbons (Fsp3) is 0.438. The third kappa shape index (κ3) is 4.14. The first-order valence-electron chi connectivity index (χ1n) is 7.25. The fourth-order valence-electron chi connectivity index (χ4n) is 2.16. The molecule has 114 valence electrons. The fourth-order valence-corrected chi connectivity index (χ4v) is 2.38. The van der Waals surface area contributed by atoms with Gasteiger partial charge in [-0.25, -0.2) is 4.98 Å². The molecule has 0 aliphatic carbocycles. The molecule has 0 aliphatic heterocycles. The van der Waals surface area contributed by atoms with E-state index in [-0.39, 0.29) is 0 Å². The summed E-state index contributed by atoms with van der Waals surface area (Å²) in [7, 11) is 1.67. The first kappa shape index (κ1) is 15.7. The number of ether oxygens (including phenoxy) is 1. The van der Waals surface area contributed by atoms with Gasteiger partial charge in [0.05, 0.1) is 19.3 Å². The van der Waals surface area contributed by atoms with E-state index in [1.165, 1.54) is 0 Å². The van der Waals surface area contributed by atoms with Gasteiger partial charge < -0.3 is 15.0 Å². The van der Waals surface area contributed by atoms with Crippen molar-refractivity contribution in [2.45, 2.75) is 39.7 Å². The van der Waals surface area contributed by atoms with Gasteiger partial charge in [-0.2, -0.15) is 0 Å². The predicted octanol–water partition coefficient (Wildman–Crippen LogP) is 4.33. The van der Waals surface area contributed by atoms with E-state index in [4.69, 9.17) is 16.3 Å². The number of unbranched alkanes of at least 4 members (excludes halogenated alkanes) is 1. The molecule has 0 saturated heterocycles. The first-order valence-corrected chi connectivity index (χ1v) is 7.63. The van der Waals surface area contributed by atoms with Crippen molar-refractivity contribution in [1.82, 2.24) is 9.97 Å². The highest BCUT2D eigenvalue weighted by atomic mass is 35.5. The Bertz CT molecular complexity index is 595. The lowest BCUT2D eigenvalue weighted by Gasteiger charge is -2.10. The minimum atomic E-state index is 0.555. The van der Waals surface area contributed by atoms with E-state index in [0.29, 0.717) is 11.7 Å². The van der Waals surface area contributed by atoms with Gasteiger partial charge in [0.1, 0.15) is 11.6 Å². The second kappa shape index (κ2) is 7.36. The van der Waals surface area contributed by atoms with Crippen LogP contribution in [-0.4, -0.2) is 17.1 Å². The van der Waals surface area contributed by atoms with Crippen molar-refractivity contribution in [1.29, 1.82) is 0 Å². The maximum Gasteiger partial charge on any atom is 0.152 e. The molecule has 0 saturated carbocycles. The molecule has 2 N–H and O–H groups in total. The van der Waals surface area contributed by atoms with E-state index >= 15 is 0 Å². The van der Waals surface area contributed by atoms with Crippen LogP contribution in [0.5, 0.6) is 5.75 Å². The van der Waals surface area contributed by atoms with Crippen molar-refractivity contribution in [3.05, 3.63) is 40.4 Å². The number of nitrogens with one attached hydrogen (secondary N) is 2. The van der Waals surface area contributed by atoms with Crippen LogP contribution in [0.1, 0.15) is 36.8 Å².